The van der Waals surface area contributed by atoms with Crippen LogP contribution in [0.2, 0.25) is 0 Å². The second-order valence-corrected chi connectivity index (χ2v) is 4.57. The minimum atomic E-state index is 0.0692. The molecule has 4 nitrogen and oxygen atoms in total. The highest BCUT2D eigenvalue weighted by Crippen LogP contribution is 2.23. The van der Waals surface area contributed by atoms with E-state index in [1.165, 1.54) is 19.4 Å². The Balaban J connectivity index is 2.17. The Kier molecular flexibility index (Phi) is 3.07. The fraction of sp³-hybridized carbons (Fsp3) is 0.727. The third-order valence-electron chi connectivity index (χ3n) is 3.16. The average Bonchev–Trinajstić information content (AvgIpc) is 2.65. The predicted molar refractivity (Wildman–Crippen MR) is 60.6 cm³/mol. The molecule has 4 heteroatoms. The zero-order chi connectivity index (χ0) is 10.8. The van der Waals surface area contributed by atoms with Crippen molar-refractivity contribution in [3.63, 3.8) is 0 Å². The summed E-state index contributed by atoms with van der Waals surface area (Å²) in [6.07, 6.45) is 6.31. The van der Waals surface area contributed by atoms with Gasteiger partial charge in [-0.1, -0.05) is 0 Å². The fourth-order valence-electron chi connectivity index (χ4n) is 2.34. The quantitative estimate of drug-likeness (QED) is 0.793. The van der Waals surface area contributed by atoms with Gasteiger partial charge in [-0.3, -0.25) is 0 Å². The molecular formula is C11H20N4. The lowest BCUT2D eigenvalue weighted by atomic mass is 10.1. The summed E-state index contributed by atoms with van der Waals surface area (Å²) in [7, 11) is 2.18. The Labute approximate surface area is 91.1 Å². The minimum Gasteiger partial charge on any atom is -0.329 e. The molecule has 0 radical (unpaired) electrons. The van der Waals surface area contributed by atoms with Gasteiger partial charge in [0.15, 0.2) is 0 Å². The lowest BCUT2D eigenvalue weighted by Crippen LogP contribution is -2.34. The molecule has 84 valence electrons. The standard InChI is InChI=1S/C11H20N4/c1-9(12)11-6-13-8-15(11)10-4-3-5-14(2)7-10/h6,8-10H,3-5,7,12H2,1-2H3/t9-,10?/m0/s1. The van der Waals surface area contributed by atoms with E-state index in [1.807, 2.05) is 19.4 Å². The first kappa shape index (κ1) is 10.6. The maximum absolute atomic E-state index is 5.93. The molecule has 1 fully saturated rings. The van der Waals surface area contributed by atoms with Gasteiger partial charge in [0.1, 0.15) is 0 Å². The predicted octanol–water partition coefficient (Wildman–Crippen LogP) is 1.17. The molecule has 0 aromatic carbocycles. The van der Waals surface area contributed by atoms with E-state index < -0.39 is 0 Å². The molecular weight excluding hydrogens is 188 g/mol. The zero-order valence-electron chi connectivity index (χ0n) is 9.56. The van der Waals surface area contributed by atoms with Crippen LogP contribution in [0.3, 0.4) is 0 Å². The second-order valence-electron chi connectivity index (χ2n) is 4.57. The smallest absolute Gasteiger partial charge is 0.0951 e. The summed E-state index contributed by atoms with van der Waals surface area (Å²) < 4.78 is 2.25. The summed E-state index contributed by atoms with van der Waals surface area (Å²) in [6, 6.07) is 0.618. The molecule has 1 aromatic heterocycles. The molecule has 1 aromatic rings. The first-order valence-electron chi connectivity index (χ1n) is 5.64. The van der Waals surface area contributed by atoms with Crippen LogP contribution in [-0.4, -0.2) is 34.6 Å². The molecule has 2 atom stereocenters. The van der Waals surface area contributed by atoms with Gasteiger partial charge in [-0.05, 0) is 33.4 Å². The van der Waals surface area contributed by atoms with Crippen molar-refractivity contribution >= 4 is 0 Å². The van der Waals surface area contributed by atoms with Crippen molar-refractivity contribution < 1.29 is 0 Å². The van der Waals surface area contributed by atoms with Crippen molar-refractivity contribution in [2.24, 2.45) is 5.73 Å². The van der Waals surface area contributed by atoms with Gasteiger partial charge in [0, 0.05) is 24.8 Å². The van der Waals surface area contributed by atoms with Crippen molar-refractivity contribution in [2.75, 3.05) is 20.1 Å². The summed E-state index contributed by atoms with van der Waals surface area (Å²) in [5.41, 5.74) is 7.07. The maximum Gasteiger partial charge on any atom is 0.0951 e. The summed E-state index contributed by atoms with van der Waals surface area (Å²) in [6.45, 7) is 4.33. The van der Waals surface area contributed by atoms with Crippen LogP contribution in [0.4, 0.5) is 0 Å². The molecule has 0 bridgehead atoms. The Morgan fingerprint density at radius 1 is 1.60 bits per heavy atom. The number of likely N-dealkylation sites (N-methyl/N-ethyl adjacent to an activating group) is 1. The molecule has 2 rings (SSSR count). The third-order valence-corrected chi connectivity index (χ3v) is 3.16. The highest BCUT2D eigenvalue weighted by atomic mass is 15.2. The molecule has 1 aliphatic heterocycles. The van der Waals surface area contributed by atoms with E-state index in [-0.39, 0.29) is 6.04 Å². The lowest BCUT2D eigenvalue weighted by molar-refractivity contribution is 0.209. The second kappa shape index (κ2) is 4.33. The Morgan fingerprint density at radius 3 is 3.07 bits per heavy atom. The monoisotopic (exact) mass is 208 g/mol. The van der Waals surface area contributed by atoms with Crippen LogP contribution >= 0.6 is 0 Å². The summed E-state index contributed by atoms with van der Waals surface area (Å²) in [5.74, 6) is 0. The molecule has 0 amide bonds. The van der Waals surface area contributed by atoms with Crippen molar-refractivity contribution in [1.29, 1.82) is 0 Å². The van der Waals surface area contributed by atoms with Crippen LogP contribution in [-0.2, 0) is 0 Å². The van der Waals surface area contributed by atoms with Crippen molar-refractivity contribution in [1.82, 2.24) is 14.5 Å². The maximum atomic E-state index is 5.93. The van der Waals surface area contributed by atoms with Crippen LogP contribution < -0.4 is 5.73 Å². The van der Waals surface area contributed by atoms with Gasteiger partial charge in [-0.15, -0.1) is 0 Å². The van der Waals surface area contributed by atoms with Crippen molar-refractivity contribution in [3.8, 4) is 0 Å². The summed E-state index contributed by atoms with van der Waals surface area (Å²) >= 11 is 0. The molecule has 0 aliphatic carbocycles. The van der Waals surface area contributed by atoms with E-state index in [0.717, 1.165) is 12.2 Å². The molecule has 1 aliphatic rings. The number of piperidine rings is 1. The SMILES string of the molecule is C[C@H](N)c1cncn1C1CCCN(C)C1. The molecule has 0 saturated carbocycles. The highest BCUT2D eigenvalue weighted by Gasteiger charge is 2.21. The number of hydrogen-bond acceptors (Lipinski definition) is 3. The minimum absolute atomic E-state index is 0.0692. The van der Waals surface area contributed by atoms with Crippen LogP contribution in [0.25, 0.3) is 0 Å². The van der Waals surface area contributed by atoms with E-state index in [1.54, 1.807) is 0 Å². The number of hydrogen-bond donors (Lipinski definition) is 1. The van der Waals surface area contributed by atoms with Gasteiger partial charge in [0.05, 0.1) is 12.0 Å². The molecule has 2 heterocycles. The first-order chi connectivity index (χ1) is 7.18. The van der Waals surface area contributed by atoms with Crippen LogP contribution in [0.15, 0.2) is 12.5 Å². The number of likely N-dealkylation sites (tertiary alicyclic amines) is 1. The Morgan fingerprint density at radius 2 is 2.40 bits per heavy atom. The first-order valence-corrected chi connectivity index (χ1v) is 5.64. The van der Waals surface area contributed by atoms with Gasteiger partial charge in [0.25, 0.3) is 0 Å². The molecule has 15 heavy (non-hydrogen) atoms. The number of nitrogens with two attached hydrogens (primary N) is 1. The van der Waals surface area contributed by atoms with Crippen molar-refractivity contribution in [2.45, 2.75) is 31.8 Å². The number of nitrogens with zero attached hydrogens (tertiary/aromatic N) is 3. The molecule has 1 unspecified atom stereocenters. The zero-order valence-corrected chi connectivity index (χ0v) is 9.56. The third kappa shape index (κ3) is 2.21. The Bertz CT molecular complexity index is 318. The van der Waals surface area contributed by atoms with Crippen molar-refractivity contribution in [3.05, 3.63) is 18.2 Å². The number of rotatable bonds is 2. The van der Waals surface area contributed by atoms with Crippen LogP contribution in [0.5, 0.6) is 0 Å². The Hall–Kier alpha value is -0.870. The summed E-state index contributed by atoms with van der Waals surface area (Å²) in [5, 5.41) is 0. The van der Waals surface area contributed by atoms with E-state index in [0.29, 0.717) is 6.04 Å². The largest absolute Gasteiger partial charge is 0.329 e. The van der Waals surface area contributed by atoms with Gasteiger partial charge in [-0.25, -0.2) is 4.98 Å². The summed E-state index contributed by atoms with van der Waals surface area (Å²) in [4.78, 5) is 6.58. The highest BCUT2D eigenvalue weighted by molar-refractivity contribution is 5.05. The van der Waals surface area contributed by atoms with Gasteiger partial charge in [0.2, 0.25) is 0 Å². The number of imidazole rings is 1. The van der Waals surface area contributed by atoms with E-state index in [4.69, 9.17) is 5.73 Å². The lowest BCUT2D eigenvalue weighted by Gasteiger charge is -2.31. The molecule has 2 N–H and O–H groups in total. The normalized spacial score (nSPS) is 25.4. The van der Waals surface area contributed by atoms with E-state index >= 15 is 0 Å². The number of aromatic nitrogens is 2. The van der Waals surface area contributed by atoms with Crippen LogP contribution in [0.1, 0.15) is 37.5 Å². The molecule has 1 saturated heterocycles. The van der Waals surface area contributed by atoms with Gasteiger partial charge < -0.3 is 15.2 Å². The topological polar surface area (TPSA) is 47.1 Å². The van der Waals surface area contributed by atoms with Crippen LogP contribution in [0, 0.1) is 0 Å². The van der Waals surface area contributed by atoms with E-state index in [9.17, 15) is 0 Å². The fourth-order valence-corrected chi connectivity index (χ4v) is 2.34. The van der Waals surface area contributed by atoms with Gasteiger partial charge in [-0.2, -0.15) is 0 Å². The average molecular weight is 208 g/mol. The van der Waals surface area contributed by atoms with Gasteiger partial charge >= 0.3 is 0 Å². The molecule has 0 spiro atoms. The van der Waals surface area contributed by atoms with E-state index in [2.05, 4.69) is 21.5 Å².